The fourth-order valence-corrected chi connectivity index (χ4v) is 3.60. The number of anilines is 2. The third-order valence-corrected chi connectivity index (χ3v) is 4.62. The van der Waals surface area contributed by atoms with Crippen LogP contribution in [0.4, 0.5) is 24.5 Å². The van der Waals surface area contributed by atoms with E-state index in [0.717, 1.165) is 25.1 Å². The number of pyridine rings is 1. The predicted octanol–water partition coefficient (Wildman–Crippen LogP) is 3.14. The van der Waals surface area contributed by atoms with Gasteiger partial charge in [0.05, 0.1) is 21.2 Å². The third-order valence-electron chi connectivity index (χ3n) is 4.04. The van der Waals surface area contributed by atoms with Crippen molar-refractivity contribution in [2.75, 3.05) is 23.3 Å². The number of halogens is 4. The van der Waals surface area contributed by atoms with Crippen molar-refractivity contribution in [3.8, 4) is 0 Å². The molecule has 1 fully saturated rings. The highest BCUT2D eigenvalue weighted by Crippen LogP contribution is 2.39. The lowest BCUT2D eigenvalue weighted by Crippen LogP contribution is -2.43. The maximum atomic E-state index is 12.4. The molecule has 1 atom stereocenters. The Kier molecular flexibility index (Phi) is 4.92. The number of nitrogens with zero attached hydrogens (tertiary/aromatic N) is 2. The van der Waals surface area contributed by atoms with Gasteiger partial charge in [0.1, 0.15) is 12.1 Å². The van der Waals surface area contributed by atoms with Crippen molar-refractivity contribution in [1.29, 1.82) is 0 Å². The second-order valence-electron chi connectivity index (χ2n) is 6.07. The number of nitrogens with two attached hydrogens (primary N) is 1. The van der Waals surface area contributed by atoms with E-state index in [1.54, 1.807) is 6.20 Å². The van der Waals surface area contributed by atoms with Crippen molar-refractivity contribution < 1.29 is 18.0 Å². The molecular weight excluding hydrogens is 403 g/mol. The number of fused-ring (bicyclic) bond motifs is 1. The number of aromatic amines is 1. The SMILES string of the molecule is N[C@@H]1CCCN(c2c(Br)cnc3[nH]cc(NC(=O)CC(F)(F)F)c23)C1. The molecule has 10 heteroatoms. The summed E-state index contributed by atoms with van der Waals surface area (Å²) in [6, 6.07) is 0.0195. The number of carbonyl (C=O) groups is 1. The van der Waals surface area contributed by atoms with Gasteiger partial charge in [0, 0.05) is 31.5 Å². The molecule has 2 aromatic heterocycles. The number of aromatic nitrogens is 2. The Morgan fingerprint density at radius 2 is 2.28 bits per heavy atom. The summed E-state index contributed by atoms with van der Waals surface area (Å²) in [7, 11) is 0. The van der Waals surface area contributed by atoms with Gasteiger partial charge in [-0.2, -0.15) is 13.2 Å². The first-order valence-electron chi connectivity index (χ1n) is 7.77. The standard InChI is InChI=1S/C15H17BrF3N5O/c16-9-5-21-14-12(13(9)24-3-1-2-8(20)7-24)10(6-22-14)23-11(25)4-15(17,18)19/h5-6,8H,1-4,7,20H2,(H,21,22)(H,23,25)/t8-/m1/s1. The van der Waals surface area contributed by atoms with Crippen molar-refractivity contribution in [2.45, 2.75) is 31.5 Å². The number of hydrogen-bond donors (Lipinski definition) is 3. The molecule has 1 aliphatic rings. The van der Waals surface area contributed by atoms with Crippen molar-refractivity contribution >= 4 is 44.2 Å². The lowest BCUT2D eigenvalue weighted by molar-refractivity contribution is -0.150. The summed E-state index contributed by atoms with van der Waals surface area (Å²) >= 11 is 3.46. The molecule has 0 bridgehead atoms. The van der Waals surface area contributed by atoms with E-state index >= 15 is 0 Å². The van der Waals surface area contributed by atoms with Crippen molar-refractivity contribution in [2.24, 2.45) is 5.73 Å². The molecule has 4 N–H and O–H groups in total. The van der Waals surface area contributed by atoms with Crippen LogP contribution in [0.25, 0.3) is 11.0 Å². The molecule has 3 heterocycles. The van der Waals surface area contributed by atoms with Gasteiger partial charge in [0.15, 0.2) is 0 Å². The third kappa shape index (κ3) is 4.06. The summed E-state index contributed by atoms with van der Waals surface area (Å²) in [6.45, 7) is 1.39. The maximum absolute atomic E-state index is 12.4. The van der Waals surface area contributed by atoms with E-state index in [-0.39, 0.29) is 11.7 Å². The zero-order valence-corrected chi connectivity index (χ0v) is 14.7. The average Bonchev–Trinajstić information content (AvgIpc) is 2.88. The van der Waals surface area contributed by atoms with Crippen LogP contribution in [0.2, 0.25) is 0 Å². The van der Waals surface area contributed by atoms with Gasteiger partial charge < -0.3 is 20.9 Å². The van der Waals surface area contributed by atoms with Crippen LogP contribution in [-0.4, -0.2) is 41.2 Å². The number of rotatable bonds is 3. The number of amides is 1. The first-order chi connectivity index (χ1) is 11.7. The van der Waals surface area contributed by atoms with E-state index in [1.807, 2.05) is 0 Å². The second-order valence-corrected chi connectivity index (χ2v) is 6.92. The Hall–Kier alpha value is -1.81. The Bertz CT molecular complexity index is 791. The van der Waals surface area contributed by atoms with Gasteiger partial charge in [-0.3, -0.25) is 4.79 Å². The van der Waals surface area contributed by atoms with E-state index in [1.165, 1.54) is 6.20 Å². The monoisotopic (exact) mass is 419 g/mol. The van der Waals surface area contributed by atoms with E-state index in [0.29, 0.717) is 22.1 Å². The molecular formula is C15H17BrF3N5O. The van der Waals surface area contributed by atoms with Crippen molar-refractivity contribution in [3.63, 3.8) is 0 Å². The van der Waals surface area contributed by atoms with Crippen LogP contribution in [-0.2, 0) is 4.79 Å². The van der Waals surface area contributed by atoms with Crippen LogP contribution in [0, 0.1) is 0 Å². The largest absolute Gasteiger partial charge is 0.397 e. The Balaban J connectivity index is 1.98. The van der Waals surface area contributed by atoms with E-state index in [2.05, 4.69) is 36.1 Å². The summed E-state index contributed by atoms with van der Waals surface area (Å²) in [5.41, 5.74) is 7.57. The van der Waals surface area contributed by atoms with Gasteiger partial charge in [0.25, 0.3) is 0 Å². The average molecular weight is 420 g/mol. The van der Waals surface area contributed by atoms with Crippen LogP contribution < -0.4 is 16.0 Å². The molecule has 0 radical (unpaired) electrons. The maximum Gasteiger partial charge on any atom is 0.397 e. The highest BCUT2D eigenvalue weighted by Gasteiger charge is 2.32. The van der Waals surface area contributed by atoms with Crippen molar-refractivity contribution in [3.05, 3.63) is 16.9 Å². The van der Waals surface area contributed by atoms with Gasteiger partial charge in [-0.1, -0.05) is 0 Å². The second kappa shape index (κ2) is 6.83. The Labute approximate surface area is 150 Å². The van der Waals surface area contributed by atoms with Gasteiger partial charge >= 0.3 is 6.18 Å². The molecule has 0 spiro atoms. The minimum Gasteiger partial charge on any atom is -0.368 e. The highest BCUT2D eigenvalue weighted by molar-refractivity contribution is 9.10. The number of alkyl halides is 3. The zero-order valence-electron chi connectivity index (χ0n) is 13.2. The molecule has 1 saturated heterocycles. The molecule has 1 aliphatic heterocycles. The minimum atomic E-state index is -4.56. The summed E-state index contributed by atoms with van der Waals surface area (Å²) in [6.07, 6.45) is -1.19. The van der Waals surface area contributed by atoms with E-state index < -0.39 is 18.5 Å². The van der Waals surface area contributed by atoms with E-state index in [9.17, 15) is 18.0 Å². The van der Waals surface area contributed by atoms with Gasteiger partial charge in [0.2, 0.25) is 5.91 Å². The molecule has 25 heavy (non-hydrogen) atoms. The van der Waals surface area contributed by atoms with E-state index in [4.69, 9.17) is 5.73 Å². The minimum absolute atomic E-state index is 0.0195. The van der Waals surface area contributed by atoms with Crippen LogP contribution in [0.5, 0.6) is 0 Å². The van der Waals surface area contributed by atoms with Crippen LogP contribution in [0.3, 0.4) is 0 Å². The fourth-order valence-electron chi connectivity index (χ4n) is 3.05. The molecule has 0 unspecified atom stereocenters. The number of H-pyrrole nitrogens is 1. The lowest BCUT2D eigenvalue weighted by atomic mass is 10.1. The molecule has 136 valence electrons. The summed E-state index contributed by atoms with van der Waals surface area (Å²) < 4.78 is 37.9. The Morgan fingerprint density at radius 1 is 1.52 bits per heavy atom. The van der Waals surface area contributed by atoms with Gasteiger partial charge in [-0.05, 0) is 28.8 Å². The van der Waals surface area contributed by atoms with Crippen LogP contribution in [0.1, 0.15) is 19.3 Å². The molecule has 1 amide bonds. The number of nitrogens with one attached hydrogen (secondary N) is 2. The fraction of sp³-hybridized carbons (Fsp3) is 0.467. The van der Waals surface area contributed by atoms with Crippen molar-refractivity contribution in [1.82, 2.24) is 9.97 Å². The topological polar surface area (TPSA) is 87.0 Å². The highest BCUT2D eigenvalue weighted by atomic mass is 79.9. The molecule has 2 aromatic rings. The number of hydrogen-bond acceptors (Lipinski definition) is 4. The molecule has 0 aromatic carbocycles. The number of carbonyl (C=O) groups excluding carboxylic acids is 1. The zero-order chi connectivity index (χ0) is 18.2. The Morgan fingerprint density at radius 3 is 2.96 bits per heavy atom. The molecule has 6 nitrogen and oxygen atoms in total. The summed E-state index contributed by atoms with van der Waals surface area (Å²) in [5, 5.41) is 2.90. The quantitative estimate of drug-likeness (QED) is 0.712. The normalized spacial score (nSPS) is 18.6. The van der Waals surface area contributed by atoms with Crippen LogP contribution in [0.15, 0.2) is 16.9 Å². The first kappa shape index (κ1) is 18.0. The molecule has 0 saturated carbocycles. The van der Waals surface area contributed by atoms with Gasteiger partial charge in [-0.15, -0.1) is 0 Å². The molecule has 3 rings (SSSR count). The van der Waals surface area contributed by atoms with Crippen LogP contribution >= 0.6 is 15.9 Å². The smallest absolute Gasteiger partial charge is 0.368 e. The predicted molar refractivity (Wildman–Crippen MR) is 92.5 cm³/mol. The van der Waals surface area contributed by atoms with Gasteiger partial charge in [-0.25, -0.2) is 4.98 Å². The lowest BCUT2D eigenvalue weighted by Gasteiger charge is -2.33. The first-order valence-corrected chi connectivity index (χ1v) is 8.56. The summed E-state index contributed by atoms with van der Waals surface area (Å²) in [4.78, 5) is 20.9. The summed E-state index contributed by atoms with van der Waals surface area (Å²) in [5.74, 6) is -1.12. The molecule has 0 aliphatic carbocycles. The number of piperidine rings is 1.